The Kier molecular flexibility index (Phi) is 2.95. The van der Waals surface area contributed by atoms with Gasteiger partial charge in [0, 0.05) is 5.69 Å². The first-order chi connectivity index (χ1) is 8.16. The van der Waals surface area contributed by atoms with Gasteiger partial charge in [0.2, 0.25) is 5.95 Å². The largest absolute Gasteiger partial charge is 0.324 e. The summed E-state index contributed by atoms with van der Waals surface area (Å²) in [5.74, 6) is 0.347. The Balaban J connectivity index is 2.24. The predicted molar refractivity (Wildman–Crippen MR) is 63.1 cm³/mol. The van der Waals surface area contributed by atoms with Crippen molar-refractivity contribution in [3.05, 3.63) is 52.3 Å². The number of anilines is 2. The molecule has 17 heavy (non-hydrogen) atoms. The van der Waals surface area contributed by atoms with Gasteiger partial charge in [-0.25, -0.2) is 9.97 Å². The molecule has 0 saturated carbocycles. The Labute approximate surface area is 97.5 Å². The molecule has 86 valence electrons. The van der Waals surface area contributed by atoms with Crippen molar-refractivity contribution >= 4 is 17.3 Å². The molecule has 0 spiro atoms. The molecule has 0 fully saturated rings. The van der Waals surface area contributed by atoms with Crippen LogP contribution in [0.3, 0.4) is 0 Å². The number of nitrogens with zero attached hydrogens (tertiary/aromatic N) is 3. The van der Waals surface area contributed by atoms with Crippen molar-refractivity contribution in [2.24, 2.45) is 0 Å². The maximum Gasteiger partial charge on any atom is 0.308 e. The smallest absolute Gasteiger partial charge is 0.308 e. The van der Waals surface area contributed by atoms with Crippen molar-refractivity contribution in [1.29, 1.82) is 0 Å². The van der Waals surface area contributed by atoms with Gasteiger partial charge in [0.1, 0.15) is 11.9 Å². The number of nitrogens with one attached hydrogen (secondary N) is 1. The van der Waals surface area contributed by atoms with E-state index in [1.54, 1.807) is 6.92 Å². The molecule has 0 amide bonds. The summed E-state index contributed by atoms with van der Waals surface area (Å²) in [6.45, 7) is 1.58. The van der Waals surface area contributed by atoms with Crippen molar-refractivity contribution in [3.63, 3.8) is 0 Å². The SMILES string of the molecule is Cc1nc(Nc2ccccc2)ncc1[N+](=O)[O-]. The normalized spacial score (nSPS) is 9.94. The average Bonchev–Trinajstić information content (AvgIpc) is 2.30. The third kappa shape index (κ3) is 2.54. The fourth-order valence-electron chi connectivity index (χ4n) is 1.35. The molecule has 6 heteroatoms. The van der Waals surface area contributed by atoms with Crippen LogP contribution in [0.15, 0.2) is 36.5 Å². The lowest BCUT2D eigenvalue weighted by atomic mass is 10.3. The van der Waals surface area contributed by atoms with E-state index in [9.17, 15) is 10.1 Å². The Morgan fingerprint density at radius 3 is 2.59 bits per heavy atom. The van der Waals surface area contributed by atoms with Crippen LogP contribution in [-0.2, 0) is 0 Å². The van der Waals surface area contributed by atoms with E-state index in [-0.39, 0.29) is 5.69 Å². The molecule has 0 saturated heterocycles. The van der Waals surface area contributed by atoms with Gasteiger partial charge in [-0.3, -0.25) is 10.1 Å². The number of hydrogen-bond acceptors (Lipinski definition) is 5. The first-order valence-corrected chi connectivity index (χ1v) is 4.97. The van der Waals surface area contributed by atoms with Gasteiger partial charge in [0.25, 0.3) is 0 Å². The zero-order valence-electron chi connectivity index (χ0n) is 9.12. The number of para-hydroxylation sites is 1. The van der Waals surface area contributed by atoms with Crippen molar-refractivity contribution in [2.75, 3.05) is 5.32 Å². The molecule has 0 aliphatic heterocycles. The van der Waals surface area contributed by atoms with E-state index in [2.05, 4.69) is 15.3 Å². The molecule has 1 aromatic carbocycles. The molecule has 0 aliphatic rings. The van der Waals surface area contributed by atoms with Crippen LogP contribution in [0.1, 0.15) is 5.69 Å². The summed E-state index contributed by atoms with van der Waals surface area (Å²) < 4.78 is 0. The van der Waals surface area contributed by atoms with Crippen molar-refractivity contribution in [1.82, 2.24) is 9.97 Å². The summed E-state index contributed by atoms with van der Waals surface area (Å²) in [6, 6.07) is 9.37. The van der Waals surface area contributed by atoms with Gasteiger partial charge in [-0.15, -0.1) is 0 Å². The molecule has 0 bridgehead atoms. The average molecular weight is 230 g/mol. The Morgan fingerprint density at radius 2 is 2.00 bits per heavy atom. The third-order valence-electron chi connectivity index (χ3n) is 2.18. The lowest BCUT2D eigenvalue weighted by molar-refractivity contribution is -0.386. The molecule has 0 aliphatic carbocycles. The first kappa shape index (κ1) is 11.0. The maximum atomic E-state index is 10.6. The van der Waals surface area contributed by atoms with Crippen LogP contribution in [0, 0.1) is 17.0 Å². The zero-order valence-corrected chi connectivity index (χ0v) is 9.12. The minimum Gasteiger partial charge on any atom is -0.324 e. The highest BCUT2D eigenvalue weighted by molar-refractivity contribution is 5.53. The van der Waals surface area contributed by atoms with E-state index >= 15 is 0 Å². The fourth-order valence-corrected chi connectivity index (χ4v) is 1.35. The Hall–Kier alpha value is -2.50. The van der Waals surface area contributed by atoms with Crippen LogP contribution in [-0.4, -0.2) is 14.9 Å². The first-order valence-electron chi connectivity index (χ1n) is 4.97. The molecule has 6 nitrogen and oxygen atoms in total. The lowest BCUT2D eigenvalue weighted by Crippen LogP contribution is -2.01. The second-order valence-electron chi connectivity index (χ2n) is 3.41. The number of aromatic nitrogens is 2. The lowest BCUT2D eigenvalue weighted by Gasteiger charge is -2.04. The second-order valence-corrected chi connectivity index (χ2v) is 3.41. The summed E-state index contributed by atoms with van der Waals surface area (Å²) in [7, 11) is 0. The van der Waals surface area contributed by atoms with Crippen molar-refractivity contribution in [2.45, 2.75) is 6.92 Å². The second kappa shape index (κ2) is 4.56. The summed E-state index contributed by atoms with van der Waals surface area (Å²) in [6.07, 6.45) is 1.20. The topological polar surface area (TPSA) is 81.0 Å². The maximum absolute atomic E-state index is 10.6. The van der Waals surface area contributed by atoms with E-state index in [1.165, 1.54) is 6.20 Å². The number of aryl methyl sites for hydroxylation is 1. The fraction of sp³-hybridized carbons (Fsp3) is 0.0909. The Bertz CT molecular complexity index is 542. The Morgan fingerprint density at radius 1 is 1.29 bits per heavy atom. The van der Waals surface area contributed by atoms with Crippen LogP contribution < -0.4 is 5.32 Å². The van der Waals surface area contributed by atoms with Crippen LogP contribution in [0.4, 0.5) is 17.3 Å². The number of nitro groups is 1. The third-order valence-corrected chi connectivity index (χ3v) is 2.18. The highest BCUT2D eigenvalue weighted by atomic mass is 16.6. The van der Waals surface area contributed by atoms with E-state index in [1.807, 2.05) is 30.3 Å². The van der Waals surface area contributed by atoms with Crippen LogP contribution in [0.25, 0.3) is 0 Å². The van der Waals surface area contributed by atoms with E-state index < -0.39 is 4.92 Å². The number of rotatable bonds is 3. The van der Waals surface area contributed by atoms with Crippen molar-refractivity contribution < 1.29 is 4.92 Å². The summed E-state index contributed by atoms with van der Waals surface area (Å²) >= 11 is 0. The van der Waals surface area contributed by atoms with Gasteiger partial charge in [0.05, 0.1) is 4.92 Å². The summed E-state index contributed by atoms with van der Waals surface area (Å²) in [4.78, 5) is 18.0. The van der Waals surface area contributed by atoms with E-state index in [0.717, 1.165) is 5.69 Å². The van der Waals surface area contributed by atoms with Gasteiger partial charge in [-0.2, -0.15) is 0 Å². The highest BCUT2D eigenvalue weighted by Crippen LogP contribution is 2.17. The summed E-state index contributed by atoms with van der Waals surface area (Å²) in [5.41, 5.74) is 1.09. The molecule has 2 rings (SSSR count). The van der Waals surface area contributed by atoms with Gasteiger partial charge in [-0.05, 0) is 19.1 Å². The van der Waals surface area contributed by atoms with Crippen LogP contribution in [0.2, 0.25) is 0 Å². The standard InChI is InChI=1S/C11H10N4O2/c1-8-10(15(16)17)7-12-11(13-8)14-9-5-3-2-4-6-9/h2-7H,1H3,(H,12,13,14). The monoisotopic (exact) mass is 230 g/mol. The number of benzene rings is 1. The predicted octanol–water partition coefficient (Wildman–Crippen LogP) is 2.44. The van der Waals surface area contributed by atoms with E-state index in [0.29, 0.717) is 11.6 Å². The molecule has 2 aromatic rings. The van der Waals surface area contributed by atoms with Crippen molar-refractivity contribution in [3.8, 4) is 0 Å². The van der Waals surface area contributed by atoms with E-state index in [4.69, 9.17) is 0 Å². The van der Waals surface area contributed by atoms with Crippen LogP contribution >= 0.6 is 0 Å². The van der Waals surface area contributed by atoms with Gasteiger partial charge >= 0.3 is 5.69 Å². The molecule has 0 radical (unpaired) electrons. The molecular weight excluding hydrogens is 220 g/mol. The molecule has 0 atom stereocenters. The molecule has 0 unspecified atom stereocenters. The minimum atomic E-state index is -0.498. The van der Waals surface area contributed by atoms with Gasteiger partial charge < -0.3 is 5.32 Å². The minimum absolute atomic E-state index is 0.0800. The number of hydrogen-bond donors (Lipinski definition) is 1. The van der Waals surface area contributed by atoms with Crippen LogP contribution in [0.5, 0.6) is 0 Å². The molecule has 1 heterocycles. The zero-order chi connectivity index (χ0) is 12.3. The highest BCUT2D eigenvalue weighted by Gasteiger charge is 2.12. The molecular formula is C11H10N4O2. The van der Waals surface area contributed by atoms with Gasteiger partial charge in [-0.1, -0.05) is 18.2 Å². The quantitative estimate of drug-likeness (QED) is 0.646. The molecule has 1 aromatic heterocycles. The summed E-state index contributed by atoms with van der Waals surface area (Å²) in [5, 5.41) is 13.6. The molecule has 1 N–H and O–H groups in total. The van der Waals surface area contributed by atoms with Gasteiger partial charge in [0.15, 0.2) is 0 Å².